The molecule has 0 atom stereocenters. The summed E-state index contributed by atoms with van der Waals surface area (Å²) in [7, 11) is 0. The second kappa shape index (κ2) is 7.60. The lowest BCUT2D eigenvalue weighted by Crippen LogP contribution is -2.23. The van der Waals surface area contributed by atoms with Gasteiger partial charge in [0.1, 0.15) is 5.82 Å². The molecule has 2 N–H and O–H groups in total. The predicted molar refractivity (Wildman–Crippen MR) is 78.4 cm³/mol. The first-order chi connectivity index (χ1) is 9.30. The SMILES string of the molecule is CC(C)(CCNCc1cc(F)ccc1Cl)CCC(=O)O. The molecule has 0 aliphatic heterocycles. The van der Waals surface area contributed by atoms with Gasteiger partial charge in [0.2, 0.25) is 0 Å². The van der Waals surface area contributed by atoms with Crippen molar-refractivity contribution in [3.8, 4) is 0 Å². The van der Waals surface area contributed by atoms with Crippen LogP contribution in [0.15, 0.2) is 18.2 Å². The van der Waals surface area contributed by atoms with Crippen LogP contribution in [-0.4, -0.2) is 17.6 Å². The minimum atomic E-state index is -0.766. The summed E-state index contributed by atoms with van der Waals surface area (Å²) in [4.78, 5) is 10.6. The molecule has 1 aromatic rings. The zero-order chi connectivity index (χ0) is 15.2. The molecular formula is C15H21ClFNO2. The predicted octanol–water partition coefficient (Wildman–Crippen LogP) is 3.85. The number of carboxylic acid groups (broad SMARTS) is 1. The van der Waals surface area contributed by atoms with Crippen molar-refractivity contribution in [3.63, 3.8) is 0 Å². The number of carbonyl (C=O) groups is 1. The largest absolute Gasteiger partial charge is 0.481 e. The fourth-order valence-corrected chi connectivity index (χ4v) is 2.08. The van der Waals surface area contributed by atoms with Crippen molar-refractivity contribution in [2.75, 3.05) is 6.54 Å². The topological polar surface area (TPSA) is 49.3 Å². The minimum Gasteiger partial charge on any atom is -0.481 e. The van der Waals surface area contributed by atoms with Gasteiger partial charge >= 0.3 is 5.97 Å². The number of benzene rings is 1. The van der Waals surface area contributed by atoms with Gasteiger partial charge in [-0.05, 0) is 48.6 Å². The lowest BCUT2D eigenvalue weighted by atomic mass is 9.84. The number of rotatable bonds is 8. The number of hydrogen-bond donors (Lipinski definition) is 2. The Morgan fingerprint density at radius 3 is 2.75 bits per heavy atom. The van der Waals surface area contributed by atoms with E-state index in [1.807, 2.05) is 13.8 Å². The maximum Gasteiger partial charge on any atom is 0.303 e. The summed E-state index contributed by atoms with van der Waals surface area (Å²) >= 11 is 5.98. The summed E-state index contributed by atoms with van der Waals surface area (Å²) in [6, 6.07) is 4.30. The molecule has 3 nitrogen and oxygen atoms in total. The van der Waals surface area contributed by atoms with Crippen LogP contribution in [0, 0.1) is 11.2 Å². The Kier molecular flexibility index (Phi) is 6.43. The second-order valence-corrected chi connectivity index (χ2v) is 6.13. The van der Waals surface area contributed by atoms with Crippen LogP contribution in [-0.2, 0) is 11.3 Å². The summed E-state index contributed by atoms with van der Waals surface area (Å²) in [6.45, 7) is 5.34. The van der Waals surface area contributed by atoms with E-state index in [-0.39, 0.29) is 17.7 Å². The maximum atomic E-state index is 13.1. The zero-order valence-electron chi connectivity index (χ0n) is 11.9. The van der Waals surface area contributed by atoms with Crippen molar-refractivity contribution >= 4 is 17.6 Å². The van der Waals surface area contributed by atoms with Crippen molar-refractivity contribution in [2.24, 2.45) is 5.41 Å². The maximum absolute atomic E-state index is 13.1. The first-order valence-corrected chi connectivity index (χ1v) is 7.04. The fourth-order valence-electron chi connectivity index (χ4n) is 1.90. The molecule has 0 unspecified atom stereocenters. The molecule has 0 heterocycles. The van der Waals surface area contributed by atoms with E-state index in [2.05, 4.69) is 5.32 Å². The average molecular weight is 302 g/mol. The Morgan fingerprint density at radius 2 is 2.10 bits per heavy atom. The quantitative estimate of drug-likeness (QED) is 0.717. The van der Waals surface area contributed by atoms with E-state index in [1.54, 1.807) is 6.07 Å². The van der Waals surface area contributed by atoms with E-state index in [0.29, 0.717) is 18.0 Å². The first-order valence-electron chi connectivity index (χ1n) is 6.67. The molecule has 0 amide bonds. The smallest absolute Gasteiger partial charge is 0.303 e. The van der Waals surface area contributed by atoms with Crippen LogP contribution in [0.1, 0.15) is 38.7 Å². The standard InChI is InChI=1S/C15H21ClFNO2/c1-15(2,6-5-14(19)20)7-8-18-10-11-9-12(17)3-4-13(11)16/h3-4,9,18H,5-8,10H2,1-2H3,(H,19,20). The normalized spacial score (nSPS) is 11.6. The van der Waals surface area contributed by atoms with Gasteiger partial charge in [-0.25, -0.2) is 4.39 Å². The molecule has 5 heteroatoms. The molecule has 0 spiro atoms. The third-order valence-electron chi connectivity index (χ3n) is 3.32. The van der Waals surface area contributed by atoms with Gasteiger partial charge in [-0.15, -0.1) is 0 Å². The highest BCUT2D eigenvalue weighted by atomic mass is 35.5. The van der Waals surface area contributed by atoms with Crippen molar-refractivity contribution in [1.29, 1.82) is 0 Å². The average Bonchev–Trinajstić information content (AvgIpc) is 2.36. The van der Waals surface area contributed by atoms with E-state index in [9.17, 15) is 9.18 Å². The van der Waals surface area contributed by atoms with E-state index in [1.165, 1.54) is 12.1 Å². The molecule has 20 heavy (non-hydrogen) atoms. The van der Waals surface area contributed by atoms with Gasteiger partial charge in [0, 0.05) is 18.0 Å². The Labute approximate surface area is 124 Å². The number of carboxylic acids is 1. The zero-order valence-corrected chi connectivity index (χ0v) is 12.6. The third kappa shape index (κ3) is 6.35. The number of nitrogens with one attached hydrogen (secondary N) is 1. The molecule has 0 aliphatic rings. The second-order valence-electron chi connectivity index (χ2n) is 5.72. The molecule has 112 valence electrons. The van der Waals surface area contributed by atoms with Gasteiger partial charge in [0.15, 0.2) is 0 Å². The molecule has 0 aliphatic carbocycles. The molecule has 0 radical (unpaired) electrons. The Morgan fingerprint density at radius 1 is 1.40 bits per heavy atom. The van der Waals surface area contributed by atoms with E-state index in [4.69, 9.17) is 16.7 Å². The number of hydrogen-bond acceptors (Lipinski definition) is 2. The summed E-state index contributed by atoms with van der Waals surface area (Å²) < 4.78 is 13.1. The molecule has 0 saturated carbocycles. The van der Waals surface area contributed by atoms with E-state index in [0.717, 1.165) is 18.5 Å². The molecule has 1 aromatic carbocycles. The Bertz CT molecular complexity index is 463. The molecular weight excluding hydrogens is 281 g/mol. The van der Waals surface area contributed by atoms with Crippen LogP contribution in [0.3, 0.4) is 0 Å². The van der Waals surface area contributed by atoms with Crippen molar-refractivity contribution < 1.29 is 14.3 Å². The summed E-state index contributed by atoms with van der Waals surface area (Å²) in [5.41, 5.74) is 0.701. The summed E-state index contributed by atoms with van der Waals surface area (Å²) in [5.74, 6) is -1.06. The summed E-state index contributed by atoms with van der Waals surface area (Å²) in [5, 5.41) is 12.4. The van der Waals surface area contributed by atoms with Gasteiger partial charge in [0.05, 0.1) is 0 Å². The molecule has 1 rings (SSSR count). The van der Waals surface area contributed by atoms with Crippen LogP contribution < -0.4 is 5.32 Å². The summed E-state index contributed by atoms with van der Waals surface area (Å²) in [6.07, 6.45) is 1.68. The van der Waals surface area contributed by atoms with Gasteiger partial charge in [0.25, 0.3) is 0 Å². The fraction of sp³-hybridized carbons (Fsp3) is 0.533. The van der Waals surface area contributed by atoms with E-state index < -0.39 is 5.97 Å². The van der Waals surface area contributed by atoms with Crippen molar-refractivity contribution in [3.05, 3.63) is 34.6 Å². The number of aliphatic carboxylic acids is 1. The number of halogens is 2. The lowest BCUT2D eigenvalue weighted by molar-refractivity contribution is -0.137. The van der Waals surface area contributed by atoms with Crippen LogP contribution in [0.4, 0.5) is 4.39 Å². The van der Waals surface area contributed by atoms with Crippen molar-refractivity contribution in [1.82, 2.24) is 5.32 Å². The highest BCUT2D eigenvalue weighted by Crippen LogP contribution is 2.26. The molecule has 0 fully saturated rings. The van der Waals surface area contributed by atoms with Gasteiger partial charge < -0.3 is 10.4 Å². The highest BCUT2D eigenvalue weighted by Gasteiger charge is 2.18. The Hall–Kier alpha value is -1.13. The van der Waals surface area contributed by atoms with Gasteiger partial charge in [-0.1, -0.05) is 25.4 Å². The Balaban J connectivity index is 2.34. The van der Waals surface area contributed by atoms with Gasteiger partial charge in [-0.3, -0.25) is 4.79 Å². The molecule has 0 saturated heterocycles. The third-order valence-corrected chi connectivity index (χ3v) is 3.69. The first kappa shape index (κ1) is 16.9. The lowest BCUT2D eigenvalue weighted by Gasteiger charge is -2.24. The van der Waals surface area contributed by atoms with Gasteiger partial charge in [-0.2, -0.15) is 0 Å². The molecule has 0 aromatic heterocycles. The van der Waals surface area contributed by atoms with Crippen LogP contribution >= 0.6 is 11.6 Å². The van der Waals surface area contributed by atoms with Crippen molar-refractivity contribution in [2.45, 2.75) is 39.7 Å². The van der Waals surface area contributed by atoms with Crippen LogP contribution in [0.25, 0.3) is 0 Å². The molecule has 0 bridgehead atoms. The highest BCUT2D eigenvalue weighted by molar-refractivity contribution is 6.31. The van der Waals surface area contributed by atoms with Crippen LogP contribution in [0.5, 0.6) is 0 Å². The minimum absolute atomic E-state index is 0.0306. The van der Waals surface area contributed by atoms with Crippen LogP contribution in [0.2, 0.25) is 5.02 Å². The monoisotopic (exact) mass is 301 g/mol. The van der Waals surface area contributed by atoms with E-state index >= 15 is 0 Å².